The maximum Gasteiger partial charge on any atom is 0.302 e. The Morgan fingerprint density at radius 1 is 1.18 bits per heavy atom. The lowest BCUT2D eigenvalue weighted by Crippen LogP contribution is -2.62. The average Bonchev–Trinajstić information content (AvgIpc) is 3.03. The van der Waals surface area contributed by atoms with E-state index in [1.807, 2.05) is 13.8 Å². The van der Waals surface area contributed by atoms with Crippen molar-refractivity contribution in [2.45, 2.75) is 90.8 Å². The molecule has 0 spiro atoms. The minimum atomic E-state index is -1.54. The Morgan fingerprint density at radius 2 is 1.88 bits per heavy atom. The molecule has 186 valence electrons. The molecule has 0 radical (unpaired) electrons. The Bertz CT molecular complexity index is 819. The molecule has 0 aliphatic heterocycles. The van der Waals surface area contributed by atoms with Gasteiger partial charge in [0.25, 0.3) is 0 Å². The summed E-state index contributed by atoms with van der Waals surface area (Å²) in [6, 6.07) is 0. The topological polar surface area (TPSA) is 121 Å². The summed E-state index contributed by atoms with van der Waals surface area (Å²) >= 11 is 0. The molecule has 0 amide bonds. The molecule has 33 heavy (non-hydrogen) atoms. The number of fused-ring (bicyclic) bond motifs is 5. The van der Waals surface area contributed by atoms with E-state index in [4.69, 9.17) is 0 Å². The molecule has 7 atom stereocenters. The third-order valence-electron chi connectivity index (χ3n) is 9.16. The number of Topliss-reactive ketones (excluding diaryl/α,β-unsaturated/α-hetero) is 1. The second-order valence-electron chi connectivity index (χ2n) is 10.9. The van der Waals surface area contributed by atoms with E-state index in [-0.39, 0.29) is 34.9 Å². The molecule has 4 aliphatic rings. The van der Waals surface area contributed by atoms with Crippen LogP contribution in [0.3, 0.4) is 0 Å². The van der Waals surface area contributed by atoms with Crippen molar-refractivity contribution in [3.63, 3.8) is 0 Å². The van der Waals surface area contributed by atoms with E-state index in [0.29, 0.717) is 25.9 Å². The molecule has 0 aromatic carbocycles. The van der Waals surface area contributed by atoms with Crippen LogP contribution in [0, 0.1) is 28.6 Å². The van der Waals surface area contributed by atoms with Gasteiger partial charge in [-0.2, -0.15) is 0 Å². The van der Waals surface area contributed by atoms with Crippen molar-refractivity contribution >= 4 is 17.5 Å². The van der Waals surface area contributed by atoms with Crippen LogP contribution in [-0.2, 0) is 19.1 Å². The Labute approximate surface area is 196 Å². The van der Waals surface area contributed by atoms with Gasteiger partial charge in [0.15, 0.2) is 11.6 Å². The highest BCUT2D eigenvalue weighted by Crippen LogP contribution is 2.67. The van der Waals surface area contributed by atoms with E-state index in [1.165, 1.54) is 12.5 Å². The van der Waals surface area contributed by atoms with Gasteiger partial charge in [0.2, 0.25) is 0 Å². The minimum absolute atomic E-state index is 0.0697. The van der Waals surface area contributed by atoms with E-state index in [2.05, 4.69) is 11.7 Å². The zero-order valence-electron chi connectivity index (χ0n) is 20.4. The fourth-order valence-corrected chi connectivity index (χ4v) is 7.53. The summed E-state index contributed by atoms with van der Waals surface area (Å²) in [4.78, 5) is 34.2. The van der Waals surface area contributed by atoms with Crippen LogP contribution in [0.2, 0.25) is 0 Å². The van der Waals surface area contributed by atoms with Gasteiger partial charge in [0.05, 0.1) is 12.7 Å². The molecule has 7 nitrogen and oxygen atoms in total. The van der Waals surface area contributed by atoms with Crippen LogP contribution in [0.4, 0.5) is 0 Å². The molecule has 0 unspecified atom stereocenters. The normalized spacial score (nSPS) is 41.5. The Morgan fingerprint density at radius 3 is 2.45 bits per heavy atom. The lowest BCUT2D eigenvalue weighted by molar-refractivity contribution is -0.182. The highest BCUT2D eigenvalue weighted by molar-refractivity contribution is 5.91. The highest BCUT2D eigenvalue weighted by atomic mass is 16.5. The standard InChI is InChI=1S/C21H30O5.C5H10O2/c1-19-7-5-13(23)9-12(19)3-4-14-15-6-8-21(26,17(25)11-22)20(15,2)10-16(24)18(14)19;1-3-4-7-5(2)6/h9,14-16,18,22,24,26H,3-8,10-11H2,1-2H3;3-4H2,1-2H3/t14-,15-,16-,18+,19-,20-,21-;/m0./s1. The van der Waals surface area contributed by atoms with Gasteiger partial charge in [-0.15, -0.1) is 0 Å². The van der Waals surface area contributed by atoms with Crippen molar-refractivity contribution in [1.29, 1.82) is 0 Å². The summed E-state index contributed by atoms with van der Waals surface area (Å²) in [7, 11) is 0. The van der Waals surface area contributed by atoms with Gasteiger partial charge in [-0.05, 0) is 74.2 Å². The fraction of sp³-hybridized carbons (Fsp3) is 0.808. The van der Waals surface area contributed by atoms with Gasteiger partial charge < -0.3 is 20.1 Å². The van der Waals surface area contributed by atoms with Crippen molar-refractivity contribution in [3.8, 4) is 0 Å². The van der Waals surface area contributed by atoms with Crippen molar-refractivity contribution in [2.75, 3.05) is 13.2 Å². The first-order chi connectivity index (χ1) is 15.4. The van der Waals surface area contributed by atoms with Crippen molar-refractivity contribution in [3.05, 3.63) is 11.6 Å². The van der Waals surface area contributed by atoms with E-state index in [1.54, 1.807) is 6.08 Å². The zero-order valence-corrected chi connectivity index (χ0v) is 20.4. The summed E-state index contributed by atoms with van der Waals surface area (Å²) in [5.41, 5.74) is -1.23. The summed E-state index contributed by atoms with van der Waals surface area (Å²) in [5, 5.41) is 31.7. The van der Waals surface area contributed by atoms with Crippen LogP contribution in [0.5, 0.6) is 0 Å². The number of carbonyl (C=O) groups is 3. The first-order valence-corrected chi connectivity index (χ1v) is 12.4. The van der Waals surface area contributed by atoms with Gasteiger partial charge in [-0.25, -0.2) is 0 Å². The van der Waals surface area contributed by atoms with Crippen LogP contribution >= 0.6 is 0 Å². The molecule has 3 saturated carbocycles. The Kier molecular flexibility index (Phi) is 7.57. The van der Waals surface area contributed by atoms with Gasteiger partial charge in [0.1, 0.15) is 12.2 Å². The third kappa shape index (κ3) is 4.32. The van der Waals surface area contributed by atoms with Gasteiger partial charge in [-0.1, -0.05) is 26.3 Å². The van der Waals surface area contributed by atoms with Crippen molar-refractivity contribution < 1.29 is 34.4 Å². The molecule has 0 aromatic heterocycles. The van der Waals surface area contributed by atoms with Gasteiger partial charge in [0, 0.05) is 18.8 Å². The first-order valence-electron chi connectivity index (χ1n) is 12.4. The van der Waals surface area contributed by atoms with Gasteiger partial charge >= 0.3 is 5.97 Å². The summed E-state index contributed by atoms with van der Waals surface area (Å²) in [6.45, 7) is 7.38. The van der Waals surface area contributed by atoms with E-state index in [0.717, 1.165) is 32.1 Å². The lowest BCUT2D eigenvalue weighted by atomic mass is 9.45. The molecule has 4 rings (SSSR count). The number of allylic oxidation sites excluding steroid dienone is 1. The molecule has 7 heteroatoms. The largest absolute Gasteiger partial charge is 0.466 e. The molecule has 0 bridgehead atoms. The van der Waals surface area contributed by atoms with Crippen LogP contribution in [0.15, 0.2) is 11.6 Å². The number of esters is 1. The number of rotatable bonds is 4. The number of aliphatic hydroxyl groups is 3. The number of aliphatic hydroxyl groups excluding tert-OH is 2. The highest BCUT2D eigenvalue weighted by Gasteiger charge is 2.68. The van der Waals surface area contributed by atoms with E-state index < -0.39 is 29.5 Å². The number of hydrogen-bond donors (Lipinski definition) is 3. The minimum Gasteiger partial charge on any atom is -0.466 e. The van der Waals surface area contributed by atoms with Crippen molar-refractivity contribution in [1.82, 2.24) is 0 Å². The molecule has 0 saturated heterocycles. The van der Waals surface area contributed by atoms with E-state index in [9.17, 15) is 29.7 Å². The monoisotopic (exact) mass is 464 g/mol. The zero-order chi connectivity index (χ0) is 24.6. The Balaban J connectivity index is 0.000000383. The number of ketones is 2. The summed E-state index contributed by atoms with van der Waals surface area (Å²) in [6.07, 6.45) is 6.64. The summed E-state index contributed by atoms with van der Waals surface area (Å²) < 4.78 is 4.55. The maximum absolute atomic E-state index is 12.4. The predicted molar refractivity (Wildman–Crippen MR) is 122 cm³/mol. The SMILES string of the molecule is CCCOC(C)=O.C[C@]12CCC(=O)C=C1CC[C@@H]1[C@@H]2[C@@H](O)C[C@@]2(C)[C@H]1CC[C@]2(O)C(=O)CO. The van der Waals surface area contributed by atoms with Crippen molar-refractivity contribution in [2.24, 2.45) is 28.6 Å². The molecule has 0 aromatic rings. The van der Waals surface area contributed by atoms with Gasteiger partial charge in [-0.3, -0.25) is 14.4 Å². The molecule has 4 aliphatic carbocycles. The van der Waals surface area contributed by atoms with Crippen LogP contribution in [0.25, 0.3) is 0 Å². The van der Waals surface area contributed by atoms with Crippen LogP contribution < -0.4 is 0 Å². The fourth-order valence-electron chi connectivity index (χ4n) is 7.53. The maximum atomic E-state index is 12.4. The molecular weight excluding hydrogens is 424 g/mol. The predicted octanol–water partition coefficient (Wildman–Crippen LogP) is 2.74. The van der Waals surface area contributed by atoms with Crippen LogP contribution in [0.1, 0.15) is 79.1 Å². The molecular formula is C26H40O7. The molecule has 3 N–H and O–H groups in total. The summed E-state index contributed by atoms with van der Waals surface area (Å²) in [5.74, 6) is -0.0528. The second-order valence-corrected chi connectivity index (χ2v) is 10.9. The van der Waals surface area contributed by atoms with Crippen LogP contribution in [-0.4, -0.2) is 57.8 Å². The number of carbonyl (C=O) groups excluding carboxylic acids is 3. The number of ether oxygens (including phenoxy) is 1. The first kappa shape index (κ1) is 26.0. The Hall–Kier alpha value is -1.57. The molecule has 0 heterocycles. The second kappa shape index (κ2) is 9.59. The quantitative estimate of drug-likeness (QED) is 0.547. The lowest BCUT2D eigenvalue weighted by Gasteiger charge is -2.60. The molecule has 3 fully saturated rings. The smallest absolute Gasteiger partial charge is 0.302 e. The third-order valence-corrected chi connectivity index (χ3v) is 9.16. The number of hydrogen-bond acceptors (Lipinski definition) is 7. The van der Waals surface area contributed by atoms with E-state index >= 15 is 0 Å². The average molecular weight is 465 g/mol.